The number of nitrogens with zero attached hydrogens (tertiary/aromatic N) is 4. The molecule has 7 N–H and O–H groups in total. The third-order valence-corrected chi connectivity index (χ3v) is 5.83. The van der Waals surface area contributed by atoms with E-state index < -0.39 is 50.5 Å². The number of amides is 1. The highest BCUT2D eigenvalue weighted by Gasteiger charge is 2.46. The molecule has 16 heteroatoms. The number of aromatic nitrogens is 4. The number of ether oxygens (including phenoxy) is 2. The molecule has 0 spiro atoms. The molecule has 1 aliphatic rings. The second-order valence-electron chi connectivity index (χ2n) is 7.66. The van der Waals surface area contributed by atoms with Gasteiger partial charge in [-0.1, -0.05) is 13.8 Å². The lowest BCUT2D eigenvalue weighted by Crippen LogP contribution is -2.41. The molecule has 178 valence electrons. The highest BCUT2D eigenvalue weighted by Crippen LogP contribution is 2.42. The Morgan fingerprint density at radius 2 is 2.06 bits per heavy atom. The summed E-state index contributed by atoms with van der Waals surface area (Å²) in [5.41, 5.74) is 6.09. The molecule has 1 fully saturated rings. The van der Waals surface area contributed by atoms with E-state index in [1.807, 2.05) is 13.8 Å². The lowest BCUT2D eigenvalue weighted by molar-refractivity contribution is -0.133. The van der Waals surface area contributed by atoms with Gasteiger partial charge in [-0.25, -0.2) is 4.98 Å². The maximum Gasteiger partial charge on any atom is 0.363 e. The van der Waals surface area contributed by atoms with Crippen LogP contribution in [0, 0.1) is 5.92 Å². The Kier molecular flexibility index (Phi) is 7.37. The fourth-order valence-corrected chi connectivity index (χ4v) is 3.95. The molecule has 1 saturated heterocycles. The van der Waals surface area contributed by atoms with Gasteiger partial charge >= 0.3 is 7.60 Å². The first-order valence-corrected chi connectivity index (χ1v) is 11.6. The minimum Gasteiger partial charge on any atom is -0.387 e. The number of hydrogen-bond donors (Lipinski definition) is 6. The first-order chi connectivity index (χ1) is 14.9. The predicted octanol–water partition coefficient (Wildman–Crippen LogP) is -1.03. The van der Waals surface area contributed by atoms with Crippen LogP contribution in [0.2, 0.25) is 5.28 Å². The average Bonchev–Trinajstić information content (AvgIpc) is 3.21. The number of carbonyl (C=O) groups is 1. The molecule has 3 heterocycles. The van der Waals surface area contributed by atoms with Crippen LogP contribution in [0.5, 0.6) is 0 Å². The minimum absolute atomic E-state index is 0.00330. The van der Waals surface area contributed by atoms with Crippen molar-refractivity contribution in [3.8, 4) is 0 Å². The maximum atomic E-state index is 12.2. The van der Waals surface area contributed by atoms with Crippen molar-refractivity contribution in [1.82, 2.24) is 24.8 Å². The number of aliphatic hydroxyl groups excluding tert-OH is 2. The largest absolute Gasteiger partial charge is 0.387 e. The van der Waals surface area contributed by atoms with Gasteiger partial charge < -0.3 is 40.5 Å². The molecule has 0 aromatic carbocycles. The van der Waals surface area contributed by atoms with E-state index in [4.69, 9.17) is 26.8 Å². The molecule has 2 aromatic heterocycles. The number of rotatable bonds is 8. The quantitative estimate of drug-likeness (QED) is 0.192. The van der Waals surface area contributed by atoms with E-state index in [0.29, 0.717) is 0 Å². The maximum absolute atomic E-state index is 12.2. The number of halogens is 1. The molecular weight excluding hydrogens is 471 g/mol. The van der Waals surface area contributed by atoms with Gasteiger partial charge in [0.2, 0.25) is 11.1 Å². The van der Waals surface area contributed by atoms with E-state index in [-0.39, 0.29) is 34.7 Å². The van der Waals surface area contributed by atoms with Gasteiger partial charge in [-0.3, -0.25) is 13.9 Å². The summed E-state index contributed by atoms with van der Waals surface area (Å²) in [4.78, 5) is 43.0. The fourth-order valence-electron chi connectivity index (χ4n) is 3.10. The summed E-state index contributed by atoms with van der Waals surface area (Å²) >= 11 is 5.83. The summed E-state index contributed by atoms with van der Waals surface area (Å²) < 4.78 is 23.8. The predicted molar refractivity (Wildman–Crippen MR) is 110 cm³/mol. The molecule has 3 rings (SSSR count). The number of hydrogen-bond acceptors (Lipinski definition) is 10. The van der Waals surface area contributed by atoms with E-state index >= 15 is 0 Å². The molecule has 0 aliphatic carbocycles. The number of imidazole rings is 1. The molecule has 32 heavy (non-hydrogen) atoms. The van der Waals surface area contributed by atoms with Gasteiger partial charge in [-0.2, -0.15) is 9.97 Å². The Balaban J connectivity index is 1.75. The lowest BCUT2D eigenvalue weighted by atomic mass is 10.1. The first-order valence-electron chi connectivity index (χ1n) is 9.51. The van der Waals surface area contributed by atoms with E-state index in [1.54, 1.807) is 0 Å². The molecule has 0 radical (unpaired) electrons. The van der Waals surface area contributed by atoms with Crippen LogP contribution >= 0.6 is 19.2 Å². The summed E-state index contributed by atoms with van der Waals surface area (Å²) in [7, 11) is -4.99. The van der Waals surface area contributed by atoms with Crippen LogP contribution in [0.15, 0.2) is 6.33 Å². The number of anilines is 1. The van der Waals surface area contributed by atoms with Crippen molar-refractivity contribution in [2.45, 2.75) is 44.2 Å². The summed E-state index contributed by atoms with van der Waals surface area (Å²) in [6.07, 6.45) is -4.16. The Morgan fingerprint density at radius 1 is 1.38 bits per heavy atom. The van der Waals surface area contributed by atoms with Crippen molar-refractivity contribution >= 4 is 42.1 Å². The smallest absolute Gasteiger partial charge is 0.363 e. The zero-order valence-electron chi connectivity index (χ0n) is 17.1. The van der Waals surface area contributed by atoms with E-state index in [0.717, 1.165) is 0 Å². The van der Waals surface area contributed by atoms with Crippen molar-refractivity contribution in [2.75, 3.05) is 18.9 Å². The second kappa shape index (κ2) is 9.53. The van der Waals surface area contributed by atoms with Crippen LogP contribution in [-0.4, -0.2) is 82.7 Å². The molecule has 1 amide bonds. The van der Waals surface area contributed by atoms with Crippen LogP contribution in [-0.2, 0) is 18.8 Å². The van der Waals surface area contributed by atoms with Gasteiger partial charge in [0.1, 0.15) is 23.8 Å². The monoisotopic (exact) mass is 494 g/mol. The van der Waals surface area contributed by atoms with Crippen LogP contribution in [0.1, 0.15) is 20.1 Å². The van der Waals surface area contributed by atoms with Gasteiger partial charge in [0.15, 0.2) is 17.7 Å². The Hall–Kier alpha value is -1.90. The number of fused-ring (bicyclic) bond motifs is 1. The van der Waals surface area contributed by atoms with Crippen LogP contribution in [0.25, 0.3) is 11.2 Å². The van der Waals surface area contributed by atoms with Crippen molar-refractivity contribution in [3.63, 3.8) is 0 Å². The molecular formula is C16H24ClN6O8P. The van der Waals surface area contributed by atoms with Gasteiger partial charge in [0, 0.05) is 6.54 Å². The van der Waals surface area contributed by atoms with Gasteiger partial charge in [-0.05, 0) is 17.5 Å². The molecule has 5 atom stereocenters. The van der Waals surface area contributed by atoms with E-state index in [9.17, 15) is 29.4 Å². The second-order valence-corrected chi connectivity index (χ2v) is 9.65. The van der Waals surface area contributed by atoms with Gasteiger partial charge in [0.05, 0.1) is 12.9 Å². The Morgan fingerprint density at radius 3 is 2.69 bits per heavy atom. The average molecular weight is 495 g/mol. The summed E-state index contributed by atoms with van der Waals surface area (Å²) in [5, 5.41) is 23.1. The number of nitrogens with two attached hydrogens (primary N) is 1. The molecule has 0 unspecified atom stereocenters. The van der Waals surface area contributed by atoms with Gasteiger partial charge in [-0.15, -0.1) is 0 Å². The number of carbonyl (C=O) groups excluding carboxylic acids is 1. The molecule has 14 nitrogen and oxygen atoms in total. The van der Waals surface area contributed by atoms with E-state index in [1.165, 1.54) is 10.9 Å². The van der Waals surface area contributed by atoms with Crippen molar-refractivity contribution in [1.29, 1.82) is 0 Å². The summed E-state index contributed by atoms with van der Waals surface area (Å²) in [6.45, 7) is 3.21. The van der Waals surface area contributed by atoms with Crippen LogP contribution in [0.4, 0.5) is 5.82 Å². The van der Waals surface area contributed by atoms with Gasteiger partial charge in [0.25, 0.3) is 5.91 Å². The van der Waals surface area contributed by atoms with Crippen LogP contribution in [0.3, 0.4) is 0 Å². The number of aliphatic hydroxyl groups is 2. The third kappa shape index (κ3) is 5.18. The highest BCUT2D eigenvalue weighted by molar-refractivity contribution is 7.53. The molecule has 1 aliphatic heterocycles. The molecule has 2 aromatic rings. The van der Waals surface area contributed by atoms with Crippen molar-refractivity contribution in [3.05, 3.63) is 11.6 Å². The fraction of sp³-hybridized carbons (Fsp3) is 0.625. The summed E-state index contributed by atoms with van der Waals surface area (Å²) in [6, 6.07) is 0. The number of nitrogen functional groups attached to an aromatic ring is 1. The van der Waals surface area contributed by atoms with Crippen molar-refractivity contribution in [2.24, 2.45) is 5.92 Å². The Labute approximate surface area is 186 Å². The lowest BCUT2D eigenvalue weighted by Gasteiger charge is -2.22. The zero-order valence-corrected chi connectivity index (χ0v) is 18.7. The highest BCUT2D eigenvalue weighted by atomic mass is 35.5. The van der Waals surface area contributed by atoms with Crippen LogP contribution < -0.4 is 11.1 Å². The third-order valence-electron chi connectivity index (χ3n) is 4.67. The zero-order chi connectivity index (χ0) is 23.8. The van der Waals surface area contributed by atoms with E-state index in [2.05, 4.69) is 20.3 Å². The summed E-state index contributed by atoms with van der Waals surface area (Å²) in [5.74, 6) is -3.06. The number of nitrogens with one attached hydrogen (secondary N) is 1. The minimum atomic E-state index is -4.99. The standard InChI is InChI=1S/C16H24ClN6O8P/c1-6(2)3-19-13(26)15(32(27,28)29)30-4-7-9(24)10(25)14(31-7)23-5-20-8-11(18)21-16(17)22-12(8)23/h5-7,9-10,14-15,24-25H,3-4H2,1-2H3,(H,19,26)(H2,18,21,22)(H2,27,28,29)/t7-,9-,10-,14-,15-/m1/s1. The first kappa shape index (κ1) is 24.7. The normalized spacial score (nSPS) is 24.9. The SMILES string of the molecule is CC(C)CNC(=O)[C@H](OC[C@H]1O[C@@H](n2cnc3c(N)nc(Cl)nc32)[C@H](O)[C@@H]1O)P(=O)(O)O. The molecule has 0 saturated carbocycles. The molecule has 0 bridgehead atoms. The Bertz CT molecular complexity index is 1030. The topological polar surface area (TPSA) is 215 Å². The van der Waals surface area contributed by atoms with Crippen molar-refractivity contribution < 1.29 is 38.8 Å².